The van der Waals surface area contributed by atoms with Crippen molar-refractivity contribution >= 4 is 5.78 Å². The minimum Gasteiger partial charge on any atom is -0.327 e. The zero-order valence-electron chi connectivity index (χ0n) is 9.86. The lowest BCUT2D eigenvalue weighted by molar-refractivity contribution is -0.123. The maximum atomic E-state index is 12.7. The van der Waals surface area contributed by atoms with E-state index >= 15 is 0 Å². The topological polar surface area (TPSA) is 43.1 Å². The molecule has 2 N–H and O–H groups in total. The minimum absolute atomic E-state index is 0.00574. The molecule has 1 aromatic rings. The van der Waals surface area contributed by atoms with Crippen LogP contribution in [0.15, 0.2) is 24.3 Å². The van der Waals surface area contributed by atoms with E-state index in [0.29, 0.717) is 6.42 Å². The highest BCUT2D eigenvalue weighted by molar-refractivity contribution is 5.84. The number of halogens is 1. The lowest BCUT2D eigenvalue weighted by Gasteiger charge is -2.27. The normalized spacial score (nSPS) is 24.6. The number of nitrogens with two attached hydrogens (primary N) is 1. The van der Waals surface area contributed by atoms with Gasteiger partial charge in [0.15, 0.2) is 0 Å². The zero-order chi connectivity index (χ0) is 12.3. The molecule has 2 rings (SSSR count). The first-order valence-corrected chi connectivity index (χ1v) is 6.19. The molecular formula is C14H18FNO. The highest BCUT2D eigenvalue weighted by Gasteiger charge is 2.27. The number of hydrogen-bond donors (Lipinski definition) is 1. The number of ketones is 1. The summed E-state index contributed by atoms with van der Waals surface area (Å²) in [6.45, 7) is 0. The minimum atomic E-state index is -0.268. The third-order valence-corrected chi connectivity index (χ3v) is 3.52. The van der Waals surface area contributed by atoms with Crippen LogP contribution in [0.25, 0.3) is 0 Å². The second-order valence-corrected chi connectivity index (χ2v) is 4.82. The SMILES string of the molecule is NC1CCCCC1C(=O)Cc1ccc(F)cc1. The number of rotatable bonds is 3. The average Bonchev–Trinajstić information content (AvgIpc) is 2.32. The van der Waals surface area contributed by atoms with Crippen molar-refractivity contribution in [3.63, 3.8) is 0 Å². The molecule has 0 aliphatic heterocycles. The Morgan fingerprint density at radius 1 is 1.24 bits per heavy atom. The van der Waals surface area contributed by atoms with Gasteiger partial charge >= 0.3 is 0 Å². The van der Waals surface area contributed by atoms with E-state index in [-0.39, 0.29) is 23.6 Å². The molecule has 0 amide bonds. The molecule has 1 saturated carbocycles. The summed E-state index contributed by atoms with van der Waals surface area (Å²) in [4.78, 5) is 12.1. The van der Waals surface area contributed by atoms with Gasteiger partial charge in [-0.05, 0) is 30.5 Å². The lowest BCUT2D eigenvalue weighted by atomic mass is 9.81. The van der Waals surface area contributed by atoms with Crippen LogP contribution in [-0.4, -0.2) is 11.8 Å². The summed E-state index contributed by atoms with van der Waals surface area (Å²) >= 11 is 0. The maximum Gasteiger partial charge on any atom is 0.141 e. The molecule has 3 heteroatoms. The average molecular weight is 235 g/mol. The van der Waals surface area contributed by atoms with E-state index in [0.717, 1.165) is 31.2 Å². The van der Waals surface area contributed by atoms with Gasteiger partial charge in [-0.1, -0.05) is 25.0 Å². The van der Waals surface area contributed by atoms with Crippen LogP contribution in [0.1, 0.15) is 31.2 Å². The van der Waals surface area contributed by atoms with Gasteiger partial charge < -0.3 is 5.73 Å². The molecule has 1 aliphatic carbocycles. The van der Waals surface area contributed by atoms with Crippen LogP contribution in [0.3, 0.4) is 0 Å². The molecule has 0 radical (unpaired) electrons. The molecule has 1 fully saturated rings. The van der Waals surface area contributed by atoms with E-state index in [1.54, 1.807) is 12.1 Å². The van der Waals surface area contributed by atoms with Gasteiger partial charge in [0.1, 0.15) is 11.6 Å². The van der Waals surface area contributed by atoms with Crippen molar-refractivity contribution in [3.8, 4) is 0 Å². The standard InChI is InChI=1S/C14H18FNO/c15-11-7-5-10(6-8-11)9-14(17)12-3-1-2-4-13(12)16/h5-8,12-13H,1-4,9,16H2. The Bertz CT molecular complexity index is 388. The predicted molar refractivity (Wildman–Crippen MR) is 65.0 cm³/mol. The number of hydrogen-bond acceptors (Lipinski definition) is 2. The first-order chi connectivity index (χ1) is 8.16. The number of carbonyl (C=O) groups excluding carboxylic acids is 1. The summed E-state index contributed by atoms with van der Waals surface area (Å²) in [5.74, 6) is -0.0758. The van der Waals surface area contributed by atoms with Crippen molar-refractivity contribution in [2.24, 2.45) is 11.7 Å². The highest BCUT2D eigenvalue weighted by Crippen LogP contribution is 2.24. The first-order valence-electron chi connectivity index (χ1n) is 6.19. The Balaban J connectivity index is 1.98. The van der Waals surface area contributed by atoms with Crippen LogP contribution in [0.2, 0.25) is 0 Å². The van der Waals surface area contributed by atoms with Gasteiger partial charge in [-0.2, -0.15) is 0 Å². The molecule has 1 aliphatic rings. The van der Waals surface area contributed by atoms with E-state index in [4.69, 9.17) is 5.73 Å². The fourth-order valence-corrected chi connectivity index (χ4v) is 2.49. The third-order valence-electron chi connectivity index (χ3n) is 3.52. The largest absolute Gasteiger partial charge is 0.327 e. The van der Waals surface area contributed by atoms with E-state index in [9.17, 15) is 9.18 Å². The van der Waals surface area contributed by atoms with Crippen molar-refractivity contribution in [2.75, 3.05) is 0 Å². The fourth-order valence-electron chi connectivity index (χ4n) is 2.49. The molecule has 0 heterocycles. The number of Topliss-reactive ketones (excluding diaryl/α,β-unsaturated/α-hetero) is 1. The van der Waals surface area contributed by atoms with Crippen LogP contribution in [0.4, 0.5) is 4.39 Å². The Morgan fingerprint density at radius 2 is 1.88 bits per heavy atom. The summed E-state index contributed by atoms with van der Waals surface area (Å²) in [5.41, 5.74) is 6.85. The third kappa shape index (κ3) is 3.13. The van der Waals surface area contributed by atoms with E-state index in [1.807, 2.05) is 0 Å². The van der Waals surface area contributed by atoms with Crippen LogP contribution in [0.5, 0.6) is 0 Å². The van der Waals surface area contributed by atoms with Crippen molar-refractivity contribution < 1.29 is 9.18 Å². The zero-order valence-corrected chi connectivity index (χ0v) is 9.86. The molecule has 0 spiro atoms. The van der Waals surface area contributed by atoms with E-state index in [2.05, 4.69) is 0 Å². The van der Waals surface area contributed by atoms with Crippen LogP contribution in [0, 0.1) is 11.7 Å². The predicted octanol–water partition coefficient (Wildman–Crippen LogP) is 2.45. The Labute approximate surface area is 101 Å². The highest BCUT2D eigenvalue weighted by atomic mass is 19.1. The Morgan fingerprint density at radius 3 is 2.53 bits per heavy atom. The molecule has 0 bridgehead atoms. The van der Waals surface area contributed by atoms with Crippen LogP contribution >= 0.6 is 0 Å². The van der Waals surface area contributed by atoms with Gasteiger partial charge in [0.2, 0.25) is 0 Å². The second kappa shape index (κ2) is 5.41. The molecule has 17 heavy (non-hydrogen) atoms. The Kier molecular flexibility index (Phi) is 3.89. The summed E-state index contributed by atoms with van der Waals surface area (Å²) < 4.78 is 12.7. The molecule has 2 atom stereocenters. The van der Waals surface area contributed by atoms with Crippen molar-refractivity contribution in [3.05, 3.63) is 35.6 Å². The van der Waals surface area contributed by atoms with E-state index < -0.39 is 0 Å². The van der Waals surface area contributed by atoms with Gasteiger partial charge in [0.25, 0.3) is 0 Å². The summed E-state index contributed by atoms with van der Waals surface area (Å²) in [5, 5.41) is 0. The first kappa shape index (κ1) is 12.2. The quantitative estimate of drug-likeness (QED) is 0.874. The molecule has 2 unspecified atom stereocenters. The molecule has 2 nitrogen and oxygen atoms in total. The van der Waals surface area contributed by atoms with Crippen molar-refractivity contribution in [1.82, 2.24) is 0 Å². The van der Waals surface area contributed by atoms with E-state index in [1.165, 1.54) is 12.1 Å². The fraction of sp³-hybridized carbons (Fsp3) is 0.500. The summed E-state index contributed by atoms with van der Waals surface area (Å²) in [7, 11) is 0. The molecular weight excluding hydrogens is 217 g/mol. The summed E-state index contributed by atoms with van der Waals surface area (Å²) in [6.07, 6.45) is 4.44. The second-order valence-electron chi connectivity index (χ2n) is 4.82. The number of benzene rings is 1. The van der Waals surface area contributed by atoms with Crippen molar-refractivity contribution in [2.45, 2.75) is 38.1 Å². The smallest absolute Gasteiger partial charge is 0.141 e. The van der Waals surface area contributed by atoms with Crippen LogP contribution in [-0.2, 0) is 11.2 Å². The van der Waals surface area contributed by atoms with Gasteiger partial charge in [0.05, 0.1) is 0 Å². The maximum absolute atomic E-state index is 12.7. The molecule has 1 aromatic carbocycles. The van der Waals surface area contributed by atoms with Gasteiger partial charge in [-0.3, -0.25) is 4.79 Å². The lowest BCUT2D eigenvalue weighted by Crippen LogP contribution is -2.38. The van der Waals surface area contributed by atoms with Gasteiger partial charge in [-0.25, -0.2) is 4.39 Å². The molecule has 0 saturated heterocycles. The van der Waals surface area contributed by atoms with Gasteiger partial charge in [0, 0.05) is 18.4 Å². The van der Waals surface area contributed by atoms with Gasteiger partial charge in [-0.15, -0.1) is 0 Å². The molecule has 92 valence electrons. The van der Waals surface area contributed by atoms with Crippen molar-refractivity contribution in [1.29, 1.82) is 0 Å². The molecule has 0 aromatic heterocycles. The number of carbonyl (C=O) groups is 1. The summed E-state index contributed by atoms with van der Waals surface area (Å²) in [6, 6.07) is 6.13. The Hall–Kier alpha value is -1.22. The van der Waals surface area contributed by atoms with Crippen LogP contribution < -0.4 is 5.73 Å². The monoisotopic (exact) mass is 235 g/mol.